The van der Waals surface area contributed by atoms with Gasteiger partial charge in [-0.1, -0.05) is 30.0 Å². The molecule has 1 aromatic heterocycles. The molecule has 7 heteroatoms. The zero-order chi connectivity index (χ0) is 27.4. The molecule has 5 rings (SSSR count). The Labute approximate surface area is 227 Å². The van der Waals surface area contributed by atoms with Gasteiger partial charge in [0.2, 0.25) is 0 Å². The van der Waals surface area contributed by atoms with Crippen molar-refractivity contribution >= 4 is 22.7 Å². The van der Waals surface area contributed by atoms with Crippen LogP contribution in [0.1, 0.15) is 56.8 Å². The molecular weight excluding hydrogens is 490 g/mol. The molecule has 0 spiro atoms. The molecule has 0 saturated carbocycles. The molecule has 0 fully saturated rings. The number of ether oxygens (including phenoxy) is 1. The van der Waals surface area contributed by atoms with Crippen LogP contribution < -0.4 is 15.4 Å². The molecule has 0 saturated heterocycles. The van der Waals surface area contributed by atoms with Crippen molar-refractivity contribution in [3.8, 4) is 17.6 Å². The fourth-order valence-electron chi connectivity index (χ4n) is 4.78. The highest BCUT2D eigenvalue weighted by atomic mass is 16.5. The van der Waals surface area contributed by atoms with E-state index in [1.54, 1.807) is 18.2 Å². The van der Waals surface area contributed by atoms with Crippen molar-refractivity contribution in [2.75, 3.05) is 13.2 Å². The van der Waals surface area contributed by atoms with E-state index in [0.717, 1.165) is 34.0 Å². The van der Waals surface area contributed by atoms with Gasteiger partial charge in [0.1, 0.15) is 5.75 Å². The van der Waals surface area contributed by atoms with Crippen LogP contribution in [0, 0.1) is 11.8 Å². The number of aromatic amines is 1. The molecular formula is C32H31N3O4. The quantitative estimate of drug-likeness (QED) is 0.276. The fourth-order valence-corrected chi connectivity index (χ4v) is 4.78. The molecule has 4 N–H and O–H groups in total. The number of amides is 2. The predicted octanol–water partition coefficient (Wildman–Crippen LogP) is 3.97. The summed E-state index contributed by atoms with van der Waals surface area (Å²) in [5.41, 5.74) is 5.51. The summed E-state index contributed by atoms with van der Waals surface area (Å²) in [7, 11) is 0. The van der Waals surface area contributed by atoms with Crippen LogP contribution in [0.3, 0.4) is 0 Å². The monoisotopic (exact) mass is 521 g/mol. The summed E-state index contributed by atoms with van der Waals surface area (Å²) < 4.78 is 5.92. The predicted molar refractivity (Wildman–Crippen MR) is 151 cm³/mol. The van der Waals surface area contributed by atoms with E-state index in [1.165, 1.54) is 0 Å². The van der Waals surface area contributed by atoms with Gasteiger partial charge in [-0.25, -0.2) is 0 Å². The van der Waals surface area contributed by atoms with Crippen molar-refractivity contribution < 1.29 is 19.4 Å². The van der Waals surface area contributed by atoms with E-state index in [0.29, 0.717) is 35.4 Å². The van der Waals surface area contributed by atoms with Crippen molar-refractivity contribution in [2.45, 2.75) is 38.8 Å². The van der Waals surface area contributed by atoms with Crippen molar-refractivity contribution in [3.63, 3.8) is 0 Å². The van der Waals surface area contributed by atoms with Crippen LogP contribution in [-0.2, 0) is 12.8 Å². The van der Waals surface area contributed by atoms with Gasteiger partial charge in [-0.3, -0.25) is 9.59 Å². The number of fused-ring (bicyclic) bond motifs is 2. The summed E-state index contributed by atoms with van der Waals surface area (Å²) in [6.45, 7) is 4.22. The molecule has 2 heterocycles. The fraction of sp³-hybridized carbons (Fsp3) is 0.250. The maximum absolute atomic E-state index is 13.4. The number of aliphatic hydroxyl groups is 1. The van der Waals surface area contributed by atoms with Gasteiger partial charge in [0.15, 0.2) is 0 Å². The number of carbonyl (C=O) groups excluding carboxylic acids is 2. The van der Waals surface area contributed by atoms with E-state index in [2.05, 4.69) is 27.5 Å². The zero-order valence-electron chi connectivity index (χ0n) is 22.0. The first kappa shape index (κ1) is 26.1. The number of rotatable bonds is 7. The van der Waals surface area contributed by atoms with Crippen molar-refractivity contribution in [3.05, 3.63) is 100 Å². The smallest absolute Gasteiger partial charge is 0.255 e. The number of aromatic nitrogens is 1. The van der Waals surface area contributed by atoms with Crippen LogP contribution in [0.25, 0.3) is 10.9 Å². The minimum Gasteiger partial charge on any atom is -0.490 e. The number of hydrogen-bond acceptors (Lipinski definition) is 4. The molecule has 3 aromatic carbocycles. The van der Waals surface area contributed by atoms with Gasteiger partial charge in [0, 0.05) is 40.3 Å². The number of para-hydroxylation sites is 1. The van der Waals surface area contributed by atoms with Crippen LogP contribution >= 0.6 is 0 Å². The molecule has 0 bridgehead atoms. The Kier molecular flexibility index (Phi) is 7.67. The topological polar surface area (TPSA) is 103 Å². The van der Waals surface area contributed by atoms with E-state index >= 15 is 0 Å². The number of H-pyrrole nitrogens is 1. The highest BCUT2D eigenvalue weighted by Gasteiger charge is 2.20. The molecule has 1 aliphatic rings. The van der Waals surface area contributed by atoms with Crippen molar-refractivity contribution in [1.29, 1.82) is 0 Å². The number of hydrogen-bond donors (Lipinski definition) is 4. The van der Waals surface area contributed by atoms with Crippen LogP contribution in [-0.4, -0.2) is 47.2 Å². The van der Waals surface area contributed by atoms with Crippen molar-refractivity contribution in [1.82, 2.24) is 15.6 Å². The Morgan fingerprint density at radius 1 is 1.08 bits per heavy atom. The van der Waals surface area contributed by atoms with E-state index in [1.807, 2.05) is 62.5 Å². The van der Waals surface area contributed by atoms with Gasteiger partial charge in [-0.2, -0.15) is 0 Å². The molecule has 1 unspecified atom stereocenters. The largest absolute Gasteiger partial charge is 0.490 e. The van der Waals surface area contributed by atoms with E-state index in [-0.39, 0.29) is 24.5 Å². The van der Waals surface area contributed by atoms with Crippen molar-refractivity contribution in [2.24, 2.45) is 0 Å². The third-order valence-corrected chi connectivity index (χ3v) is 6.66. The SMILES string of the molecule is CC(C)Oc1ccc(C#Cc2ccc3c(c2)CCNC3=O)cc1C(=O)NC(CO)Cc1c[nH]c2ccccc12. The lowest BCUT2D eigenvalue weighted by Gasteiger charge is -2.19. The third kappa shape index (κ3) is 5.97. The van der Waals surface area contributed by atoms with Gasteiger partial charge < -0.3 is 25.5 Å². The van der Waals surface area contributed by atoms with E-state index in [4.69, 9.17) is 4.74 Å². The third-order valence-electron chi connectivity index (χ3n) is 6.66. The molecule has 198 valence electrons. The van der Waals surface area contributed by atoms with Gasteiger partial charge in [0.25, 0.3) is 11.8 Å². The minimum atomic E-state index is -0.481. The summed E-state index contributed by atoms with van der Waals surface area (Å²) in [6.07, 6.45) is 3.03. The maximum Gasteiger partial charge on any atom is 0.255 e. The Morgan fingerprint density at radius 2 is 1.85 bits per heavy atom. The summed E-state index contributed by atoms with van der Waals surface area (Å²) in [5.74, 6) is 6.35. The number of carbonyl (C=O) groups is 2. The first-order valence-corrected chi connectivity index (χ1v) is 13.1. The normalized spacial score (nSPS) is 13.3. The summed E-state index contributed by atoms with van der Waals surface area (Å²) in [4.78, 5) is 28.7. The molecule has 4 aromatic rings. The van der Waals surface area contributed by atoms with Gasteiger partial charge in [-0.05, 0) is 80.3 Å². The van der Waals surface area contributed by atoms with E-state index < -0.39 is 6.04 Å². The second-order valence-electron chi connectivity index (χ2n) is 9.92. The van der Waals surface area contributed by atoms with Crippen LogP contribution in [0.2, 0.25) is 0 Å². The lowest BCUT2D eigenvalue weighted by molar-refractivity contribution is 0.0909. The Balaban J connectivity index is 1.38. The molecule has 0 aliphatic carbocycles. The Bertz CT molecular complexity index is 1590. The van der Waals surface area contributed by atoms with Gasteiger partial charge in [0.05, 0.1) is 24.3 Å². The summed E-state index contributed by atoms with van der Waals surface area (Å²) >= 11 is 0. The highest BCUT2D eigenvalue weighted by Crippen LogP contribution is 2.23. The number of nitrogens with one attached hydrogen (secondary N) is 3. The van der Waals surface area contributed by atoms with Gasteiger partial charge in [-0.15, -0.1) is 0 Å². The highest BCUT2D eigenvalue weighted by molar-refractivity contribution is 5.98. The average molecular weight is 522 g/mol. The summed E-state index contributed by atoms with van der Waals surface area (Å²) in [6, 6.07) is 18.3. The molecule has 0 radical (unpaired) electrons. The first-order valence-electron chi connectivity index (χ1n) is 13.1. The second kappa shape index (κ2) is 11.5. The Hall–Kier alpha value is -4.54. The zero-order valence-corrected chi connectivity index (χ0v) is 22.0. The number of benzene rings is 3. The van der Waals surface area contributed by atoms with E-state index in [9.17, 15) is 14.7 Å². The average Bonchev–Trinajstić information content (AvgIpc) is 3.34. The van der Waals surface area contributed by atoms with Gasteiger partial charge >= 0.3 is 0 Å². The minimum absolute atomic E-state index is 0.0574. The first-order chi connectivity index (χ1) is 18.9. The summed E-state index contributed by atoms with van der Waals surface area (Å²) in [5, 5.41) is 16.9. The number of aliphatic hydroxyl groups excluding tert-OH is 1. The Morgan fingerprint density at radius 3 is 2.64 bits per heavy atom. The molecule has 39 heavy (non-hydrogen) atoms. The van der Waals surface area contributed by atoms with Crippen LogP contribution in [0.5, 0.6) is 5.75 Å². The van der Waals surface area contributed by atoms with Crippen LogP contribution in [0.4, 0.5) is 0 Å². The van der Waals surface area contributed by atoms with Crippen LogP contribution in [0.15, 0.2) is 66.9 Å². The molecule has 7 nitrogen and oxygen atoms in total. The molecule has 2 amide bonds. The standard InChI is InChI=1S/C32H31N3O4/c1-20(2)39-30-12-10-22(8-7-21-9-11-27-23(15-21)13-14-33-31(27)37)16-28(30)32(38)35-25(19-36)17-24-18-34-29-6-4-3-5-26(24)29/h3-6,9-12,15-16,18,20,25,34,36H,13-14,17,19H2,1-2H3,(H,33,37)(H,35,38). The maximum atomic E-state index is 13.4. The second-order valence-corrected chi connectivity index (χ2v) is 9.92. The molecule has 1 atom stereocenters. The lowest BCUT2D eigenvalue weighted by Crippen LogP contribution is -2.39. The molecule has 1 aliphatic heterocycles. The lowest BCUT2D eigenvalue weighted by atomic mass is 9.98.